The van der Waals surface area contributed by atoms with Crippen LogP contribution in [0.5, 0.6) is 11.5 Å². The molecule has 0 spiro atoms. The average Bonchev–Trinajstić information content (AvgIpc) is 2.94. The van der Waals surface area contributed by atoms with Crippen LogP contribution in [0, 0.1) is 0 Å². The van der Waals surface area contributed by atoms with Crippen molar-refractivity contribution < 1.29 is 27.8 Å². The zero-order chi connectivity index (χ0) is 27.6. The van der Waals surface area contributed by atoms with Gasteiger partial charge in [-0.1, -0.05) is 55.0 Å². The fourth-order valence-electron chi connectivity index (χ4n) is 4.23. The molecular formula is C29H35NO6S2. The van der Waals surface area contributed by atoms with Gasteiger partial charge in [-0.25, -0.2) is 8.42 Å². The van der Waals surface area contributed by atoms with Crippen LogP contribution in [0.2, 0.25) is 0 Å². The van der Waals surface area contributed by atoms with Crippen LogP contribution in [0.15, 0.2) is 88.7 Å². The minimum Gasteiger partial charge on any atom is -0.493 e. The molecule has 0 saturated carbocycles. The van der Waals surface area contributed by atoms with Gasteiger partial charge in [0.25, 0.3) is 5.91 Å². The largest absolute Gasteiger partial charge is 0.493 e. The maximum absolute atomic E-state index is 13.0. The predicted octanol–water partition coefficient (Wildman–Crippen LogP) is 4.66. The highest BCUT2D eigenvalue weighted by Crippen LogP contribution is 2.40. The van der Waals surface area contributed by atoms with Gasteiger partial charge >= 0.3 is 0 Å². The number of hydrogen-bond acceptors (Lipinski definition) is 7. The first-order chi connectivity index (χ1) is 18.2. The van der Waals surface area contributed by atoms with Crippen molar-refractivity contribution in [1.82, 2.24) is 0 Å². The van der Waals surface area contributed by atoms with Crippen molar-refractivity contribution in [3.05, 3.63) is 84.4 Å². The summed E-state index contributed by atoms with van der Waals surface area (Å²) in [7, 11) is -0.658. The van der Waals surface area contributed by atoms with Gasteiger partial charge in [0.2, 0.25) is 0 Å². The standard InChI is InChI=1S/C29H35NO6S2/c1-35-25-18-17-23(21-26(25)36-2)37-27(16-10-9-13-22-11-5-3-6-12-22)29(32,28(30)31)19-20-38(33,34)24-14-7-4-8-15-24/h3-8,11-12,14-15,17-18,21,27,32H,9-10,13,16,19-20H2,1-2H3,(H2,30,31). The molecule has 0 aliphatic heterocycles. The Bertz CT molecular complexity index is 1280. The summed E-state index contributed by atoms with van der Waals surface area (Å²) in [4.78, 5) is 13.6. The smallest absolute Gasteiger partial charge is 0.250 e. The molecule has 3 rings (SSSR count). The molecule has 204 valence electrons. The van der Waals surface area contributed by atoms with E-state index in [1.807, 2.05) is 24.3 Å². The molecular weight excluding hydrogens is 522 g/mol. The van der Waals surface area contributed by atoms with Crippen molar-refractivity contribution in [2.75, 3.05) is 20.0 Å². The second-order valence-corrected chi connectivity index (χ2v) is 12.4. The number of methoxy groups -OCH3 is 2. The number of aryl methyl sites for hydroxylation is 1. The highest BCUT2D eigenvalue weighted by Gasteiger charge is 2.43. The van der Waals surface area contributed by atoms with Crippen LogP contribution in [-0.4, -0.2) is 50.3 Å². The second kappa shape index (κ2) is 13.7. The van der Waals surface area contributed by atoms with Crippen LogP contribution < -0.4 is 15.2 Å². The number of ether oxygens (including phenoxy) is 2. The van der Waals surface area contributed by atoms with Crippen LogP contribution in [0.4, 0.5) is 0 Å². The van der Waals surface area contributed by atoms with Crippen LogP contribution in [0.3, 0.4) is 0 Å². The maximum atomic E-state index is 13.0. The van der Waals surface area contributed by atoms with E-state index in [1.54, 1.807) is 37.4 Å². The Morgan fingerprint density at radius 3 is 2.18 bits per heavy atom. The van der Waals surface area contributed by atoms with E-state index in [-0.39, 0.29) is 11.3 Å². The van der Waals surface area contributed by atoms with Gasteiger partial charge in [-0.3, -0.25) is 4.79 Å². The van der Waals surface area contributed by atoms with E-state index < -0.39 is 32.3 Å². The molecule has 0 aromatic heterocycles. The number of carbonyl (C=O) groups excluding carboxylic acids is 1. The Morgan fingerprint density at radius 2 is 1.58 bits per heavy atom. The quantitative estimate of drug-likeness (QED) is 0.206. The number of amides is 1. The zero-order valence-electron chi connectivity index (χ0n) is 21.7. The molecule has 0 saturated heterocycles. The first-order valence-electron chi connectivity index (χ1n) is 12.4. The number of hydrogen-bond donors (Lipinski definition) is 2. The average molecular weight is 558 g/mol. The van der Waals surface area contributed by atoms with E-state index in [0.717, 1.165) is 17.7 Å². The van der Waals surface area contributed by atoms with Crippen molar-refractivity contribution in [3.8, 4) is 11.5 Å². The summed E-state index contributed by atoms with van der Waals surface area (Å²) >= 11 is 1.28. The molecule has 1 amide bonds. The maximum Gasteiger partial charge on any atom is 0.250 e. The minimum absolute atomic E-state index is 0.138. The number of rotatable bonds is 15. The molecule has 3 aromatic carbocycles. The van der Waals surface area contributed by atoms with Gasteiger partial charge in [-0.15, -0.1) is 11.8 Å². The molecule has 0 bridgehead atoms. The molecule has 7 nitrogen and oxygen atoms in total. The summed E-state index contributed by atoms with van der Waals surface area (Å²) < 4.78 is 36.6. The predicted molar refractivity (Wildman–Crippen MR) is 150 cm³/mol. The Morgan fingerprint density at radius 1 is 0.947 bits per heavy atom. The summed E-state index contributed by atoms with van der Waals surface area (Å²) in [5, 5.41) is 11.0. The zero-order valence-corrected chi connectivity index (χ0v) is 23.3. The third kappa shape index (κ3) is 7.75. The van der Waals surface area contributed by atoms with E-state index in [0.29, 0.717) is 24.3 Å². The first kappa shape index (κ1) is 29.5. The Kier molecular flexibility index (Phi) is 10.6. The van der Waals surface area contributed by atoms with Crippen molar-refractivity contribution in [2.24, 2.45) is 5.73 Å². The fourth-order valence-corrected chi connectivity index (χ4v) is 6.98. The number of carbonyl (C=O) groups is 1. The van der Waals surface area contributed by atoms with Gasteiger partial charge in [0.15, 0.2) is 26.9 Å². The van der Waals surface area contributed by atoms with Gasteiger partial charge in [0.1, 0.15) is 0 Å². The lowest BCUT2D eigenvalue weighted by Gasteiger charge is -2.33. The number of nitrogens with two attached hydrogens (primary N) is 1. The number of aliphatic hydroxyl groups is 1. The normalized spacial score (nSPS) is 13.9. The molecule has 3 aromatic rings. The molecule has 9 heteroatoms. The van der Waals surface area contributed by atoms with E-state index in [1.165, 1.54) is 36.6 Å². The molecule has 2 atom stereocenters. The van der Waals surface area contributed by atoms with Crippen LogP contribution in [0.1, 0.15) is 31.2 Å². The Hall–Kier alpha value is -3.01. The van der Waals surface area contributed by atoms with Crippen molar-refractivity contribution in [3.63, 3.8) is 0 Å². The number of sulfone groups is 1. The third-order valence-corrected chi connectivity index (χ3v) is 9.64. The summed E-state index contributed by atoms with van der Waals surface area (Å²) in [6.07, 6.45) is 2.54. The van der Waals surface area contributed by atoms with Crippen molar-refractivity contribution in [1.29, 1.82) is 0 Å². The SMILES string of the molecule is COc1ccc(SC(CCCCc2ccccc2)C(O)(CCS(=O)(=O)c2ccccc2)C(N)=O)cc1OC. The number of thioether (sulfide) groups is 1. The summed E-state index contributed by atoms with van der Waals surface area (Å²) in [6, 6.07) is 23.4. The van der Waals surface area contributed by atoms with Crippen LogP contribution in [0.25, 0.3) is 0 Å². The highest BCUT2D eigenvalue weighted by atomic mass is 32.2. The van der Waals surface area contributed by atoms with Crippen LogP contribution in [-0.2, 0) is 21.1 Å². The van der Waals surface area contributed by atoms with Crippen LogP contribution >= 0.6 is 11.8 Å². The third-order valence-electron chi connectivity index (χ3n) is 6.47. The second-order valence-electron chi connectivity index (χ2n) is 9.03. The van der Waals surface area contributed by atoms with Gasteiger partial charge in [0.05, 0.1) is 24.9 Å². The van der Waals surface area contributed by atoms with Crippen molar-refractivity contribution >= 4 is 27.5 Å². The van der Waals surface area contributed by atoms with Gasteiger partial charge in [-0.05, 0) is 55.2 Å². The van der Waals surface area contributed by atoms with E-state index >= 15 is 0 Å². The topological polar surface area (TPSA) is 116 Å². The van der Waals surface area contributed by atoms with Gasteiger partial charge < -0.3 is 20.3 Å². The van der Waals surface area contributed by atoms with Gasteiger partial charge in [0, 0.05) is 16.6 Å². The lowest BCUT2D eigenvalue weighted by Crippen LogP contribution is -2.53. The molecule has 2 unspecified atom stereocenters. The number of primary amides is 1. The minimum atomic E-state index is -3.73. The lowest BCUT2D eigenvalue weighted by molar-refractivity contribution is -0.136. The van der Waals surface area contributed by atoms with E-state index in [9.17, 15) is 18.3 Å². The molecule has 0 radical (unpaired) electrons. The number of benzene rings is 3. The monoisotopic (exact) mass is 557 g/mol. The molecule has 0 fully saturated rings. The lowest BCUT2D eigenvalue weighted by atomic mass is 9.91. The van der Waals surface area contributed by atoms with E-state index in [4.69, 9.17) is 15.2 Å². The molecule has 0 heterocycles. The summed E-state index contributed by atoms with van der Waals surface area (Å²) in [5.41, 5.74) is 4.90. The summed E-state index contributed by atoms with van der Waals surface area (Å²) in [5.74, 6) is -0.296. The molecule has 0 aliphatic carbocycles. The van der Waals surface area contributed by atoms with Gasteiger partial charge in [-0.2, -0.15) is 0 Å². The van der Waals surface area contributed by atoms with Crippen molar-refractivity contribution in [2.45, 2.75) is 52.7 Å². The molecule has 38 heavy (non-hydrogen) atoms. The number of unbranched alkanes of at least 4 members (excludes halogenated alkanes) is 1. The highest BCUT2D eigenvalue weighted by molar-refractivity contribution is 8.00. The Balaban J connectivity index is 1.83. The Labute approximate surface area is 229 Å². The molecule has 0 aliphatic rings. The fraction of sp³-hybridized carbons (Fsp3) is 0.345. The summed E-state index contributed by atoms with van der Waals surface area (Å²) in [6.45, 7) is 0. The molecule has 3 N–H and O–H groups in total. The first-order valence-corrected chi connectivity index (χ1v) is 15.0. The van der Waals surface area contributed by atoms with E-state index in [2.05, 4.69) is 12.1 Å².